The highest BCUT2D eigenvalue weighted by Gasteiger charge is 2.33. The van der Waals surface area contributed by atoms with E-state index in [1.54, 1.807) is 62.4 Å². The van der Waals surface area contributed by atoms with Crippen LogP contribution in [0.2, 0.25) is 15.1 Å². The van der Waals surface area contributed by atoms with Crippen LogP contribution in [0, 0.1) is 19.8 Å². The highest BCUT2D eigenvalue weighted by molar-refractivity contribution is 7.92. The van der Waals surface area contributed by atoms with E-state index in [9.17, 15) is 18.0 Å². The molecular formula is C30H34Cl3N3O4S. The molecule has 0 fully saturated rings. The highest BCUT2D eigenvalue weighted by Crippen LogP contribution is 2.30. The summed E-state index contributed by atoms with van der Waals surface area (Å²) in [5.41, 5.74) is 2.31. The first-order valence-corrected chi connectivity index (χ1v) is 15.6. The van der Waals surface area contributed by atoms with Gasteiger partial charge in [0.1, 0.15) is 12.6 Å². The molecule has 0 unspecified atom stereocenters. The molecule has 2 amide bonds. The number of anilines is 1. The summed E-state index contributed by atoms with van der Waals surface area (Å²) in [7, 11) is -4.19. The Morgan fingerprint density at radius 3 is 2.07 bits per heavy atom. The molecule has 0 radical (unpaired) electrons. The number of halogens is 3. The molecule has 3 aromatic rings. The van der Waals surface area contributed by atoms with E-state index in [-0.39, 0.29) is 23.3 Å². The van der Waals surface area contributed by atoms with Crippen LogP contribution >= 0.6 is 34.8 Å². The minimum Gasteiger partial charge on any atom is -0.354 e. The summed E-state index contributed by atoms with van der Waals surface area (Å²) in [5, 5.41) is 4.03. The van der Waals surface area contributed by atoms with Gasteiger partial charge in [0.05, 0.1) is 10.6 Å². The zero-order chi connectivity index (χ0) is 30.5. The Hall–Kier alpha value is -2.78. The minimum absolute atomic E-state index is 0.0280. The van der Waals surface area contributed by atoms with Crippen molar-refractivity contribution in [2.24, 2.45) is 5.92 Å². The van der Waals surface area contributed by atoms with Gasteiger partial charge in [0.25, 0.3) is 10.0 Å². The molecule has 11 heteroatoms. The van der Waals surface area contributed by atoms with Crippen molar-refractivity contribution in [2.45, 2.75) is 52.1 Å². The van der Waals surface area contributed by atoms with Crippen LogP contribution in [0.1, 0.15) is 37.5 Å². The van der Waals surface area contributed by atoms with E-state index in [0.29, 0.717) is 38.4 Å². The molecule has 3 rings (SSSR count). The first kappa shape index (κ1) is 32.7. The standard InChI is InChI=1S/C30H34Cl3N3O4S/c1-19(2)16-34-30(38)22(5)35(17-23-8-9-25(32)15-27(23)33)29(37)18-36(28-13-10-24(31)14-21(28)4)41(39,40)26-11-6-20(3)7-12-26/h6-15,19,22H,16-18H2,1-5H3,(H,34,38)/t22-/m0/s1. The SMILES string of the molecule is Cc1ccc(S(=O)(=O)N(CC(=O)N(Cc2ccc(Cl)cc2Cl)[C@@H](C)C(=O)NCC(C)C)c2ccc(Cl)cc2C)cc1. The smallest absolute Gasteiger partial charge is 0.264 e. The Morgan fingerprint density at radius 2 is 1.49 bits per heavy atom. The van der Waals surface area contributed by atoms with Crippen LogP contribution in [-0.2, 0) is 26.2 Å². The van der Waals surface area contributed by atoms with Crippen molar-refractivity contribution < 1.29 is 18.0 Å². The van der Waals surface area contributed by atoms with Gasteiger partial charge < -0.3 is 10.2 Å². The number of sulfonamides is 1. The lowest BCUT2D eigenvalue weighted by Crippen LogP contribution is -2.51. The van der Waals surface area contributed by atoms with Gasteiger partial charge in [0.2, 0.25) is 11.8 Å². The molecule has 0 aliphatic carbocycles. The molecule has 0 heterocycles. The Morgan fingerprint density at radius 1 is 0.878 bits per heavy atom. The molecule has 41 heavy (non-hydrogen) atoms. The Bertz CT molecular complexity index is 1510. The third-order valence-corrected chi connectivity index (χ3v) is 9.12. The predicted molar refractivity (Wildman–Crippen MR) is 166 cm³/mol. The molecule has 1 N–H and O–H groups in total. The van der Waals surface area contributed by atoms with Crippen molar-refractivity contribution in [2.75, 3.05) is 17.4 Å². The van der Waals surface area contributed by atoms with Crippen molar-refractivity contribution >= 4 is 62.3 Å². The molecule has 0 aromatic heterocycles. The third-order valence-electron chi connectivity index (χ3n) is 6.52. The van der Waals surface area contributed by atoms with Crippen LogP contribution < -0.4 is 9.62 Å². The normalized spacial score (nSPS) is 12.2. The fraction of sp³-hybridized carbons (Fsp3) is 0.333. The average molecular weight is 639 g/mol. The molecule has 3 aromatic carbocycles. The lowest BCUT2D eigenvalue weighted by Gasteiger charge is -2.32. The third kappa shape index (κ3) is 8.38. The van der Waals surface area contributed by atoms with E-state index < -0.39 is 28.5 Å². The van der Waals surface area contributed by atoms with Gasteiger partial charge in [-0.15, -0.1) is 0 Å². The summed E-state index contributed by atoms with van der Waals surface area (Å²) in [6.45, 7) is 8.92. The van der Waals surface area contributed by atoms with E-state index in [0.717, 1.165) is 9.87 Å². The topological polar surface area (TPSA) is 86.8 Å². The molecule has 0 bridgehead atoms. The molecular weight excluding hydrogens is 605 g/mol. The largest absolute Gasteiger partial charge is 0.354 e. The van der Waals surface area contributed by atoms with E-state index in [4.69, 9.17) is 34.8 Å². The van der Waals surface area contributed by atoms with Crippen LogP contribution in [0.4, 0.5) is 5.69 Å². The number of rotatable bonds is 11. The Balaban J connectivity index is 2.07. The van der Waals surface area contributed by atoms with Crippen molar-refractivity contribution in [1.29, 1.82) is 0 Å². The first-order chi connectivity index (χ1) is 19.2. The number of carbonyl (C=O) groups excluding carboxylic acids is 2. The van der Waals surface area contributed by atoms with E-state index in [1.807, 2.05) is 20.8 Å². The summed E-state index contributed by atoms with van der Waals surface area (Å²) in [5.74, 6) is -0.759. The molecule has 1 atom stereocenters. The second kappa shape index (κ2) is 13.9. The Kier molecular flexibility index (Phi) is 11.1. The summed E-state index contributed by atoms with van der Waals surface area (Å²) in [6.07, 6.45) is 0. The fourth-order valence-corrected chi connectivity index (χ4v) is 6.29. The number of nitrogens with zero attached hydrogens (tertiary/aromatic N) is 2. The van der Waals surface area contributed by atoms with Crippen LogP contribution in [-0.4, -0.2) is 44.3 Å². The second-order valence-corrected chi connectivity index (χ2v) is 13.5. The fourth-order valence-electron chi connectivity index (χ4n) is 4.12. The average Bonchev–Trinajstić information content (AvgIpc) is 2.90. The predicted octanol–water partition coefficient (Wildman–Crippen LogP) is 6.65. The minimum atomic E-state index is -4.19. The van der Waals surface area contributed by atoms with Gasteiger partial charge in [-0.25, -0.2) is 8.42 Å². The highest BCUT2D eigenvalue weighted by atomic mass is 35.5. The van der Waals surface area contributed by atoms with Gasteiger partial charge in [-0.05, 0) is 80.3 Å². The van der Waals surface area contributed by atoms with Gasteiger partial charge in [-0.2, -0.15) is 0 Å². The van der Waals surface area contributed by atoms with Crippen LogP contribution in [0.5, 0.6) is 0 Å². The molecule has 0 spiro atoms. The first-order valence-electron chi connectivity index (χ1n) is 13.1. The maximum Gasteiger partial charge on any atom is 0.264 e. The molecule has 0 saturated heterocycles. The van der Waals surface area contributed by atoms with Gasteiger partial charge in [-0.1, -0.05) is 72.4 Å². The number of benzene rings is 3. The van der Waals surface area contributed by atoms with Crippen LogP contribution in [0.3, 0.4) is 0 Å². The van der Waals surface area contributed by atoms with Crippen molar-refractivity contribution in [3.63, 3.8) is 0 Å². The van der Waals surface area contributed by atoms with E-state index >= 15 is 0 Å². The zero-order valence-electron chi connectivity index (χ0n) is 23.6. The summed E-state index contributed by atoms with van der Waals surface area (Å²) < 4.78 is 29.0. The van der Waals surface area contributed by atoms with Crippen molar-refractivity contribution in [1.82, 2.24) is 10.2 Å². The number of amides is 2. The Labute approximate surface area is 257 Å². The maximum absolute atomic E-state index is 14.0. The van der Waals surface area contributed by atoms with Gasteiger partial charge in [0, 0.05) is 28.2 Å². The molecule has 0 aliphatic heterocycles. The number of hydrogen-bond acceptors (Lipinski definition) is 4. The number of nitrogens with one attached hydrogen (secondary N) is 1. The zero-order valence-corrected chi connectivity index (χ0v) is 26.7. The lowest BCUT2D eigenvalue weighted by molar-refractivity contribution is -0.139. The molecule has 7 nitrogen and oxygen atoms in total. The quantitative estimate of drug-likeness (QED) is 0.255. The van der Waals surface area contributed by atoms with Crippen LogP contribution in [0.15, 0.2) is 65.6 Å². The van der Waals surface area contributed by atoms with E-state index in [2.05, 4.69) is 5.32 Å². The summed E-state index contributed by atoms with van der Waals surface area (Å²) >= 11 is 18.7. The lowest BCUT2D eigenvalue weighted by atomic mass is 10.1. The van der Waals surface area contributed by atoms with Gasteiger partial charge in [-0.3, -0.25) is 13.9 Å². The van der Waals surface area contributed by atoms with Gasteiger partial charge >= 0.3 is 0 Å². The van der Waals surface area contributed by atoms with E-state index in [1.165, 1.54) is 17.0 Å². The number of hydrogen-bond donors (Lipinski definition) is 1. The number of carbonyl (C=O) groups is 2. The van der Waals surface area contributed by atoms with Crippen molar-refractivity contribution in [3.8, 4) is 0 Å². The maximum atomic E-state index is 14.0. The molecule has 220 valence electrons. The van der Waals surface area contributed by atoms with Gasteiger partial charge in [0.15, 0.2) is 0 Å². The molecule has 0 aliphatic rings. The second-order valence-electron chi connectivity index (χ2n) is 10.3. The van der Waals surface area contributed by atoms with Crippen molar-refractivity contribution in [3.05, 3.63) is 92.4 Å². The van der Waals surface area contributed by atoms with Crippen LogP contribution in [0.25, 0.3) is 0 Å². The number of aryl methyl sites for hydroxylation is 2. The summed E-state index contributed by atoms with van der Waals surface area (Å²) in [6, 6.07) is 15.1. The summed E-state index contributed by atoms with van der Waals surface area (Å²) in [4.78, 5) is 28.5. The monoisotopic (exact) mass is 637 g/mol. The molecule has 0 saturated carbocycles.